The number of hydrogen-bond donors (Lipinski definition) is 1. The number of β-amino-alcohol motifs (C(OH)–C–C–N with tert-alkyl or cyclic N) is 1. The lowest BCUT2D eigenvalue weighted by molar-refractivity contribution is 0.0728. The van der Waals surface area contributed by atoms with Crippen molar-refractivity contribution in [3.8, 4) is 5.75 Å². The normalized spacial score (nSPS) is 20.9. The minimum atomic E-state index is -0.816. The molecule has 1 aromatic carbocycles. The van der Waals surface area contributed by atoms with E-state index in [4.69, 9.17) is 4.74 Å². The second-order valence-electron chi connectivity index (χ2n) is 5.13. The number of carbonyl (C=O) groups excluding carboxylic acids is 1. The van der Waals surface area contributed by atoms with E-state index in [1.165, 1.54) is 29.3 Å². The van der Waals surface area contributed by atoms with E-state index in [1.54, 1.807) is 24.4 Å². The van der Waals surface area contributed by atoms with Crippen LogP contribution in [-0.2, 0) is 0 Å². The van der Waals surface area contributed by atoms with Gasteiger partial charge in [-0.05, 0) is 24.3 Å². The summed E-state index contributed by atoms with van der Waals surface area (Å²) in [4.78, 5) is 17.7. The van der Waals surface area contributed by atoms with E-state index < -0.39 is 18.0 Å². The van der Waals surface area contributed by atoms with Crippen molar-refractivity contribution in [2.24, 2.45) is 0 Å². The molecule has 1 aliphatic rings. The van der Waals surface area contributed by atoms with Gasteiger partial charge in [0.25, 0.3) is 5.91 Å². The molecular weight excluding hydrogens is 287 g/mol. The Hall–Kier alpha value is -2.47. The van der Waals surface area contributed by atoms with Crippen LogP contribution in [0, 0.1) is 5.82 Å². The standard InChI is InChI=1S/C16H15FN2O3/c17-12-4-1-5-13(7-12)22-15-10-19(9-14(15)20)16(21)11-3-2-6-18-8-11/h1-8,14-15,20H,9-10H2/t14-,15-/m1/s1. The molecule has 2 aromatic rings. The second kappa shape index (κ2) is 6.11. The van der Waals surface area contributed by atoms with Crippen molar-refractivity contribution in [2.75, 3.05) is 13.1 Å². The maximum atomic E-state index is 13.2. The minimum absolute atomic E-state index is 0.174. The maximum Gasteiger partial charge on any atom is 0.255 e. The van der Waals surface area contributed by atoms with Gasteiger partial charge in [0.15, 0.2) is 0 Å². The van der Waals surface area contributed by atoms with Gasteiger partial charge in [-0.25, -0.2) is 4.39 Å². The quantitative estimate of drug-likeness (QED) is 0.933. The van der Waals surface area contributed by atoms with Crippen LogP contribution in [0.25, 0.3) is 0 Å². The number of rotatable bonds is 3. The largest absolute Gasteiger partial charge is 0.486 e. The van der Waals surface area contributed by atoms with Gasteiger partial charge in [-0.2, -0.15) is 0 Å². The van der Waals surface area contributed by atoms with Gasteiger partial charge in [0.1, 0.15) is 23.8 Å². The Kier molecular flexibility index (Phi) is 4.02. The van der Waals surface area contributed by atoms with Gasteiger partial charge < -0.3 is 14.7 Å². The molecule has 0 bridgehead atoms. The Balaban J connectivity index is 1.68. The molecule has 0 unspecified atom stereocenters. The van der Waals surface area contributed by atoms with Gasteiger partial charge in [0.05, 0.1) is 18.7 Å². The molecule has 22 heavy (non-hydrogen) atoms. The molecule has 0 radical (unpaired) electrons. The number of ether oxygens (including phenoxy) is 1. The predicted octanol–water partition coefficient (Wildman–Crippen LogP) is 1.48. The summed E-state index contributed by atoms with van der Waals surface area (Å²) in [7, 11) is 0. The molecular formula is C16H15FN2O3. The topological polar surface area (TPSA) is 62.7 Å². The fraction of sp³-hybridized carbons (Fsp3) is 0.250. The van der Waals surface area contributed by atoms with Crippen LogP contribution in [0.4, 0.5) is 4.39 Å². The molecule has 1 amide bonds. The van der Waals surface area contributed by atoms with E-state index in [9.17, 15) is 14.3 Å². The SMILES string of the molecule is O=C(c1cccnc1)N1C[C@@H](O)[C@H](Oc2cccc(F)c2)C1. The summed E-state index contributed by atoms with van der Waals surface area (Å²) in [6.07, 6.45) is 1.67. The summed E-state index contributed by atoms with van der Waals surface area (Å²) in [6.45, 7) is 0.416. The molecule has 2 heterocycles. The van der Waals surface area contributed by atoms with Crippen molar-refractivity contribution < 1.29 is 19.0 Å². The molecule has 0 saturated carbocycles. The van der Waals surface area contributed by atoms with Gasteiger partial charge in [0, 0.05) is 18.5 Å². The zero-order valence-electron chi connectivity index (χ0n) is 11.7. The van der Waals surface area contributed by atoms with Crippen molar-refractivity contribution in [3.63, 3.8) is 0 Å². The van der Waals surface area contributed by atoms with Crippen LogP contribution in [0.1, 0.15) is 10.4 Å². The van der Waals surface area contributed by atoms with Crippen molar-refractivity contribution in [3.05, 3.63) is 60.2 Å². The van der Waals surface area contributed by atoms with Crippen molar-refractivity contribution in [2.45, 2.75) is 12.2 Å². The highest BCUT2D eigenvalue weighted by atomic mass is 19.1. The number of aliphatic hydroxyl groups excluding tert-OH is 1. The first kappa shape index (κ1) is 14.5. The molecule has 2 atom stereocenters. The Morgan fingerprint density at radius 3 is 2.91 bits per heavy atom. The first-order chi connectivity index (χ1) is 10.6. The number of likely N-dealkylation sites (tertiary alicyclic amines) is 1. The van der Waals surface area contributed by atoms with E-state index in [0.29, 0.717) is 11.3 Å². The summed E-state index contributed by atoms with van der Waals surface area (Å²) >= 11 is 0. The predicted molar refractivity (Wildman–Crippen MR) is 77.0 cm³/mol. The first-order valence-corrected chi connectivity index (χ1v) is 6.93. The number of halogens is 1. The highest BCUT2D eigenvalue weighted by Gasteiger charge is 2.36. The lowest BCUT2D eigenvalue weighted by atomic mass is 10.2. The van der Waals surface area contributed by atoms with E-state index >= 15 is 0 Å². The summed E-state index contributed by atoms with van der Waals surface area (Å²) in [5.41, 5.74) is 0.459. The number of pyridine rings is 1. The van der Waals surface area contributed by atoms with Crippen LogP contribution < -0.4 is 4.74 Å². The van der Waals surface area contributed by atoms with E-state index in [-0.39, 0.29) is 19.0 Å². The number of carbonyl (C=O) groups is 1. The fourth-order valence-electron chi connectivity index (χ4n) is 2.43. The van der Waals surface area contributed by atoms with Gasteiger partial charge >= 0.3 is 0 Å². The maximum absolute atomic E-state index is 13.2. The molecule has 1 aliphatic heterocycles. The number of aliphatic hydroxyl groups is 1. The summed E-state index contributed by atoms with van der Waals surface area (Å²) in [5, 5.41) is 10.1. The highest BCUT2D eigenvalue weighted by Crippen LogP contribution is 2.21. The summed E-state index contributed by atoms with van der Waals surface area (Å²) < 4.78 is 18.7. The summed E-state index contributed by atoms with van der Waals surface area (Å²) in [6, 6.07) is 9.06. The van der Waals surface area contributed by atoms with Gasteiger partial charge in [-0.1, -0.05) is 6.07 Å². The van der Waals surface area contributed by atoms with Gasteiger partial charge in [-0.3, -0.25) is 9.78 Å². The minimum Gasteiger partial charge on any atom is -0.486 e. The molecule has 1 fully saturated rings. The molecule has 3 rings (SSSR count). The number of hydrogen-bond acceptors (Lipinski definition) is 4. The monoisotopic (exact) mass is 302 g/mol. The molecule has 5 nitrogen and oxygen atoms in total. The van der Waals surface area contributed by atoms with E-state index in [2.05, 4.69) is 4.98 Å². The van der Waals surface area contributed by atoms with Crippen LogP contribution >= 0.6 is 0 Å². The van der Waals surface area contributed by atoms with Crippen molar-refractivity contribution in [1.82, 2.24) is 9.88 Å². The molecule has 1 N–H and O–H groups in total. The van der Waals surface area contributed by atoms with Gasteiger partial charge in [-0.15, -0.1) is 0 Å². The third kappa shape index (κ3) is 3.07. The number of benzene rings is 1. The van der Waals surface area contributed by atoms with Crippen LogP contribution in [0.2, 0.25) is 0 Å². The van der Waals surface area contributed by atoms with E-state index in [0.717, 1.165) is 0 Å². The molecule has 114 valence electrons. The zero-order valence-corrected chi connectivity index (χ0v) is 11.7. The highest BCUT2D eigenvalue weighted by molar-refractivity contribution is 5.94. The molecule has 0 aliphatic carbocycles. The Labute approximate surface area is 127 Å². The zero-order chi connectivity index (χ0) is 15.5. The molecule has 6 heteroatoms. The van der Waals surface area contributed by atoms with Crippen LogP contribution in [0.15, 0.2) is 48.8 Å². The van der Waals surface area contributed by atoms with Gasteiger partial charge in [0.2, 0.25) is 0 Å². The first-order valence-electron chi connectivity index (χ1n) is 6.93. The number of nitrogens with zero attached hydrogens (tertiary/aromatic N) is 2. The lowest BCUT2D eigenvalue weighted by Gasteiger charge is -2.17. The molecule has 1 aromatic heterocycles. The van der Waals surface area contributed by atoms with E-state index in [1.807, 2.05) is 0 Å². The Morgan fingerprint density at radius 1 is 1.32 bits per heavy atom. The second-order valence-corrected chi connectivity index (χ2v) is 5.13. The third-order valence-corrected chi connectivity index (χ3v) is 3.52. The van der Waals surface area contributed by atoms with Crippen LogP contribution in [0.5, 0.6) is 5.75 Å². The molecule has 1 saturated heterocycles. The fourth-order valence-corrected chi connectivity index (χ4v) is 2.43. The van der Waals surface area contributed by atoms with Crippen LogP contribution in [0.3, 0.4) is 0 Å². The smallest absolute Gasteiger partial charge is 0.255 e. The Morgan fingerprint density at radius 2 is 2.18 bits per heavy atom. The summed E-state index contributed by atoms with van der Waals surface area (Å²) in [5.74, 6) is -0.287. The Bertz CT molecular complexity index is 665. The average Bonchev–Trinajstić information content (AvgIpc) is 2.88. The number of aromatic nitrogens is 1. The average molecular weight is 302 g/mol. The van der Waals surface area contributed by atoms with Crippen molar-refractivity contribution >= 4 is 5.91 Å². The lowest BCUT2D eigenvalue weighted by Crippen LogP contribution is -2.31. The molecule has 0 spiro atoms. The van der Waals surface area contributed by atoms with Crippen LogP contribution in [-0.4, -0.2) is 46.2 Å². The third-order valence-electron chi connectivity index (χ3n) is 3.52. The van der Waals surface area contributed by atoms with Crippen molar-refractivity contribution in [1.29, 1.82) is 0 Å². The number of amides is 1.